The van der Waals surface area contributed by atoms with E-state index < -0.39 is 12.2 Å². The van der Waals surface area contributed by atoms with Crippen LogP contribution in [0.3, 0.4) is 0 Å². The van der Waals surface area contributed by atoms with Crippen LogP contribution < -0.4 is 30.7 Å². The van der Waals surface area contributed by atoms with Crippen LogP contribution in [0, 0.1) is 11.8 Å². The second-order valence-electron chi connectivity index (χ2n) is 20.3. The van der Waals surface area contributed by atoms with Crippen molar-refractivity contribution in [2.24, 2.45) is 11.8 Å². The van der Waals surface area contributed by atoms with Crippen molar-refractivity contribution in [3.63, 3.8) is 0 Å². The number of rotatable bonds is 22. The third-order valence-electron chi connectivity index (χ3n) is 11.8. The van der Waals surface area contributed by atoms with E-state index in [1.165, 1.54) is 62.5 Å². The quantitative estimate of drug-likeness (QED) is 0.0669. The van der Waals surface area contributed by atoms with Crippen molar-refractivity contribution in [2.75, 3.05) is 39.4 Å². The van der Waals surface area contributed by atoms with E-state index in [1.807, 2.05) is 24.3 Å². The van der Waals surface area contributed by atoms with Crippen molar-refractivity contribution in [2.45, 2.75) is 173 Å². The summed E-state index contributed by atoms with van der Waals surface area (Å²) in [5, 5.41) is 35.4. The monoisotopic (exact) mass is 765 g/mol. The fraction of sp³-hybridized carbons (Fsp3) is 0.745. The summed E-state index contributed by atoms with van der Waals surface area (Å²) >= 11 is 0. The standard InChI is InChI=1S/C47H80N4O4/c1-43(2)27-35(28-44(3,4)50-43)15-11-13-25-48-31-39(52)33-54-41-21-17-37(18-22-41)47(9,10)38-19-23-42(24-20-38)55-34-40(53)32-49-26-14-12-16-36-29-45(5,6)51-46(7,8)30-36/h17-24,35-36,39-40,48-53H,11-16,25-34H2,1-10H3. The Balaban J connectivity index is 1.07. The predicted molar refractivity (Wildman–Crippen MR) is 229 cm³/mol. The molecule has 0 amide bonds. The lowest BCUT2D eigenvalue weighted by Gasteiger charge is -2.46. The molecule has 4 rings (SSSR count). The van der Waals surface area contributed by atoms with E-state index >= 15 is 0 Å². The van der Waals surface area contributed by atoms with Gasteiger partial charge in [0, 0.05) is 40.7 Å². The van der Waals surface area contributed by atoms with E-state index in [0.29, 0.717) is 13.1 Å². The molecule has 2 fully saturated rings. The van der Waals surface area contributed by atoms with Gasteiger partial charge in [-0.15, -0.1) is 0 Å². The molecule has 8 heteroatoms. The van der Waals surface area contributed by atoms with Gasteiger partial charge in [0.1, 0.15) is 36.9 Å². The minimum Gasteiger partial charge on any atom is -0.491 e. The van der Waals surface area contributed by atoms with Crippen LogP contribution in [0.2, 0.25) is 0 Å². The van der Waals surface area contributed by atoms with Crippen molar-refractivity contribution < 1.29 is 19.7 Å². The summed E-state index contributed by atoms with van der Waals surface area (Å²) in [4.78, 5) is 0. The Morgan fingerprint density at radius 3 is 1.24 bits per heavy atom. The maximum Gasteiger partial charge on any atom is 0.119 e. The van der Waals surface area contributed by atoms with Crippen LogP contribution >= 0.6 is 0 Å². The zero-order valence-electron chi connectivity index (χ0n) is 36.5. The van der Waals surface area contributed by atoms with Gasteiger partial charge in [-0.2, -0.15) is 0 Å². The molecular formula is C47H80N4O4. The Morgan fingerprint density at radius 1 is 0.582 bits per heavy atom. The number of benzene rings is 2. The number of aliphatic hydroxyl groups excluding tert-OH is 2. The average molecular weight is 765 g/mol. The molecule has 2 atom stereocenters. The largest absolute Gasteiger partial charge is 0.491 e. The first kappa shape index (κ1) is 45.5. The van der Waals surface area contributed by atoms with Gasteiger partial charge in [-0.1, -0.05) is 63.8 Å². The van der Waals surface area contributed by atoms with Crippen LogP contribution in [0.15, 0.2) is 48.5 Å². The van der Waals surface area contributed by atoms with Crippen LogP contribution in [0.1, 0.15) is 145 Å². The Labute approximate surface area is 335 Å². The normalized spacial score (nSPS) is 20.9. The molecule has 2 unspecified atom stereocenters. The molecule has 2 heterocycles. The minimum absolute atomic E-state index is 0.210. The highest BCUT2D eigenvalue weighted by atomic mass is 16.5. The number of piperidine rings is 2. The smallest absolute Gasteiger partial charge is 0.119 e. The molecule has 2 saturated heterocycles. The molecular weight excluding hydrogens is 685 g/mol. The van der Waals surface area contributed by atoms with E-state index in [9.17, 15) is 10.2 Å². The van der Waals surface area contributed by atoms with E-state index in [-0.39, 0.29) is 40.8 Å². The first-order valence-electron chi connectivity index (χ1n) is 21.6. The maximum atomic E-state index is 10.5. The lowest BCUT2D eigenvalue weighted by atomic mass is 9.74. The molecule has 55 heavy (non-hydrogen) atoms. The molecule has 2 aromatic carbocycles. The topological polar surface area (TPSA) is 107 Å². The summed E-state index contributed by atoms with van der Waals surface area (Å²) in [5.74, 6) is 3.07. The predicted octanol–water partition coefficient (Wildman–Crippen LogP) is 8.13. The van der Waals surface area contributed by atoms with E-state index in [1.54, 1.807) is 0 Å². The first-order valence-corrected chi connectivity index (χ1v) is 21.6. The zero-order chi connectivity index (χ0) is 40.3. The van der Waals surface area contributed by atoms with Crippen LogP contribution in [-0.4, -0.2) is 84.0 Å². The molecule has 0 bridgehead atoms. The summed E-state index contributed by atoms with van der Waals surface area (Å²) in [6.07, 6.45) is 11.1. The number of ether oxygens (including phenoxy) is 2. The molecule has 0 radical (unpaired) electrons. The Bertz CT molecular complexity index is 1270. The third-order valence-corrected chi connectivity index (χ3v) is 11.8. The fourth-order valence-electron chi connectivity index (χ4n) is 9.98. The Morgan fingerprint density at radius 2 is 0.909 bits per heavy atom. The highest BCUT2D eigenvalue weighted by Gasteiger charge is 2.38. The maximum absolute atomic E-state index is 10.5. The number of aliphatic hydroxyl groups is 2. The lowest BCUT2D eigenvalue weighted by Crippen LogP contribution is -2.57. The molecule has 0 aliphatic carbocycles. The van der Waals surface area contributed by atoms with Crippen molar-refractivity contribution in [1.29, 1.82) is 0 Å². The van der Waals surface area contributed by atoms with E-state index in [2.05, 4.69) is 115 Å². The molecule has 2 aliphatic rings. The second-order valence-corrected chi connectivity index (χ2v) is 20.3. The molecule has 2 aromatic rings. The van der Waals surface area contributed by atoms with Crippen LogP contribution in [0.25, 0.3) is 0 Å². The number of unbranched alkanes of at least 4 members (excludes halogenated alkanes) is 2. The third kappa shape index (κ3) is 15.9. The summed E-state index contributed by atoms with van der Waals surface area (Å²) < 4.78 is 11.9. The van der Waals surface area contributed by atoms with Crippen molar-refractivity contribution >= 4 is 0 Å². The van der Waals surface area contributed by atoms with Gasteiger partial charge in [-0.3, -0.25) is 0 Å². The molecule has 0 aromatic heterocycles. The van der Waals surface area contributed by atoms with Crippen molar-refractivity contribution in [3.8, 4) is 11.5 Å². The van der Waals surface area contributed by atoms with E-state index in [0.717, 1.165) is 49.3 Å². The lowest BCUT2D eigenvalue weighted by molar-refractivity contribution is 0.106. The molecule has 0 saturated carbocycles. The number of hydrogen-bond donors (Lipinski definition) is 6. The molecule has 2 aliphatic heterocycles. The van der Waals surface area contributed by atoms with Crippen LogP contribution in [0.5, 0.6) is 11.5 Å². The summed E-state index contributed by atoms with van der Waals surface area (Å²) in [5.41, 5.74) is 2.98. The second kappa shape index (κ2) is 20.0. The zero-order valence-corrected chi connectivity index (χ0v) is 36.5. The van der Waals surface area contributed by atoms with Crippen molar-refractivity contribution in [3.05, 3.63) is 59.7 Å². The molecule has 312 valence electrons. The summed E-state index contributed by atoms with van der Waals surface area (Å²) in [7, 11) is 0. The highest BCUT2D eigenvalue weighted by Crippen LogP contribution is 2.37. The van der Waals surface area contributed by atoms with Gasteiger partial charge in [0.05, 0.1) is 0 Å². The first-order chi connectivity index (χ1) is 25.7. The summed E-state index contributed by atoms with van der Waals surface area (Å²) in [6.45, 7) is 26.4. The molecule has 8 nitrogen and oxygen atoms in total. The number of nitrogens with one attached hydrogen (secondary N) is 4. The van der Waals surface area contributed by atoms with Gasteiger partial charge in [0.2, 0.25) is 0 Å². The van der Waals surface area contributed by atoms with Gasteiger partial charge >= 0.3 is 0 Å². The Hall–Kier alpha value is -2.20. The molecule has 0 spiro atoms. The van der Waals surface area contributed by atoms with Gasteiger partial charge < -0.3 is 41.0 Å². The SMILES string of the molecule is CC1(C)CC(CCCCNCC(O)COc2ccc(C(C)(C)c3ccc(OCC(O)CNCCCCC4CC(C)(C)NC(C)(C)C4)cc3)cc2)CC(C)(C)N1. The molecule has 6 N–H and O–H groups in total. The highest BCUT2D eigenvalue weighted by molar-refractivity contribution is 5.41. The minimum atomic E-state index is -0.555. The van der Waals surface area contributed by atoms with Crippen LogP contribution in [-0.2, 0) is 5.41 Å². The Kier molecular flexibility index (Phi) is 16.5. The van der Waals surface area contributed by atoms with Gasteiger partial charge in [0.15, 0.2) is 0 Å². The van der Waals surface area contributed by atoms with Gasteiger partial charge in [-0.25, -0.2) is 0 Å². The van der Waals surface area contributed by atoms with Crippen LogP contribution in [0.4, 0.5) is 0 Å². The number of hydrogen-bond acceptors (Lipinski definition) is 8. The average Bonchev–Trinajstić information content (AvgIpc) is 3.07. The van der Waals surface area contributed by atoms with E-state index in [4.69, 9.17) is 9.47 Å². The summed E-state index contributed by atoms with van der Waals surface area (Å²) in [6, 6.07) is 16.4. The van der Waals surface area contributed by atoms with Crippen molar-refractivity contribution in [1.82, 2.24) is 21.3 Å². The fourth-order valence-corrected chi connectivity index (χ4v) is 9.98. The van der Waals surface area contributed by atoms with Gasteiger partial charge in [0.25, 0.3) is 0 Å². The van der Waals surface area contributed by atoms with Gasteiger partial charge in [-0.05, 0) is 154 Å².